The van der Waals surface area contributed by atoms with Crippen LogP contribution in [0, 0.1) is 0 Å². The first-order chi connectivity index (χ1) is 16.1. The van der Waals surface area contributed by atoms with Gasteiger partial charge in [-0.15, -0.1) is 0 Å². The third-order valence-corrected chi connectivity index (χ3v) is 6.17. The van der Waals surface area contributed by atoms with Crippen molar-refractivity contribution in [2.75, 3.05) is 7.11 Å². The molecule has 4 rings (SSSR count). The molecule has 1 aliphatic rings. The second-order valence-electron chi connectivity index (χ2n) is 9.50. The van der Waals surface area contributed by atoms with Crippen molar-refractivity contribution < 1.29 is 23.8 Å². The number of hydrogen-bond donors (Lipinski definition) is 1. The van der Waals surface area contributed by atoms with Crippen LogP contribution < -0.4 is 10.1 Å². The molecule has 0 radical (unpaired) electrons. The van der Waals surface area contributed by atoms with Crippen LogP contribution in [0.15, 0.2) is 54.6 Å². The summed E-state index contributed by atoms with van der Waals surface area (Å²) in [6.45, 7) is 5.32. The van der Waals surface area contributed by atoms with E-state index in [4.69, 9.17) is 25.8 Å². The van der Waals surface area contributed by atoms with E-state index in [1.807, 2.05) is 54.6 Å². The third-order valence-electron chi connectivity index (χ3n) is 5.85. The lowest BCUT2D eigenvalue weighted by Crippen LogP contribution is -2.59. The summed E-state index contributed by atoms with van der Waals surface area (Å²) in [5.74, 6) is 0.755. The van der Waals surface area contributed by atoms with Crippen LogP contribution in [-0.2, 0) is 27.1 Å². The fourth-order valence-electron chi connectivity index (χ4n) is 4.34. The van der Waals surface area contributed by atoms with Gasteiger partial charge < -0.3 is 19.5 Å². The highest BCUT2D eigenvalue weighted by Crippen LogP contribution is 2.37. The van der Waals surface area contributed by atoms with Crippen LogP contribution in [0.25, 0.3) is 10.8 Å². The maximum atomic E-state index is 12.8. The van der Waals surface area contributed by atoms with Gasteiger partial charge in [0.15, 0.2) is 0 Å². The number of carbonyl (C=O) groups is 2. The predicted molar refractivity (Wildman–Crippen MR) is 132 cm³/mol. The maximum Gasteiger partial charge on any atom is 0.408 e. The molecule has 3 aromatic rings. The topological polar surface area (TPSA) is 73.9 Å². The molecule has 0 aromatic heterocycles. The van der Waals surface area contributed by atoms with E-state index in [1.54, 1.807) is 20.8 Å². The zero-order valence-corrected chi connectivity index (χ0v) is 20.5. The van der Waals surface area contributed by atoms with Crippen molar-refractivity contribution in [1.29, 1.82) is 0 Å². The van der Waals surface area contributed by atoms with Gasteiger partial charge in [0.05, 0.1) is 12.1 Å². The maximum absolute atomic E-state index is 12.8. The van der Waals surface area contributed by atoms with Crippen LogP contribution in [0.5, 0.6) is 11.5 Å². The van der Waals surface area contributed by atoms with Gasteiger partial charge in [-0.2, -0.15) is 0 Å². The molecule has 1 atom stereocenters. The van der Waals surface area contributed by atoms with E-state index < -0.39 is 23.2 Å². The van der Waals surface area contributed by atoms with E-state index in [0.717, 1.165) is 21.9 Å². The second-order valence-corrected chi connectivity index (χ2v) is 9.91. The Morgan fingerprint density at radius 2 is 1.76 bits per heavy atom. The molecule has 0 spiro atoms. The lowest BCUT2D eigenvalue weighted by molar-refractivity contribution is -0.149. The minimum atomic E-state index is -1.22. The Kier molecular flexibility index (Phi) is 6.45. The zero-order valence-electron chi connectivity index (χ0n) is 19.7. The Morgan fingerprint density at radius 3 is 2.47 bits per heavy atom. The molecule has 0 bridgehead atoms. The highest BCUT2D eigenvalue weighted by atomic mass is 35.5. The monoisotopic (exact) mass is 481 g/mol. The van der Waals surface area contributed by atoms with Crippen LogP contribution in [0.3, 0.4) is 0 Å². The van der Waals surface area contributed by atoms with Gasteiger partial charge in [-0.3, -0.25) is 0 Å². The van der Waals surface area contributed by atoms with Crippen molar-refractivity contribution in [2.45, 2.75) is 51.2 Å². The summed E-state index contributed by atoms with van der Waals surface area (Å²) >= 11 is 6.44. The number of amides is 1. The Bertz CT molecular complexity index is 1240. The number of fused-ring (bicyclic) bond motifs is 2. The first-order valence-electron chi connectivity index (χ1n) is 11.2. The van der Waals surface area contributed by atoms with Crippen molar-refractivity contribution in [2.24, 2.45) is 0 Å². The van der Waals surface area contributed by atoms with E-state index in [2.05, 4.69) is 5.32 Å². The van der Waals surface area contributed by atoms with E-state index in [-0.39, 0.29) is 6.42 Å². The summed E-state index contributed by atoms with van der Waals surface area (Å²) in [7, 11) is 1.32. The molecule has 0 saturated carbocycles. The molecule has 0 aliphatic heterocycles. The number of alkyl carbamates (subject to hydrolysis) is 1. The van der Waals surface area contributed by atoms with Crippen LogP contribution in [0.2, 0.25) is 5.02 Å². The summed E-state index contributed by atoms with van der Waals surface area (Å²) in [6, 6.07) is 17.3. The third kappa shape index (κ3) is 4.97. The SMILES string of the molecule is COC(=O)C1(NC(=O)OC(C)(C)C)CCc2ccc(Oc3cccc4cccc(Cl)c34)cc2C1. The summed E-state index contributed by atoms with van der Waals surface area (Å²) < 4.78 is 16.7. The van der Waals surface area contributed by atoms with Gasteiger partial charge in [0.1, 0.15) is 22.6 Å². The highest BCUT2D eigenvalue weighted by Gasteiger charge is 2.44. The molecule has 1 amide bonds. The first-order valence-corrected chi connectivity index (χ1v) is 11.5. The quantitative estimate of drug-likeness (QED) is 0.448. The van der Waals surface area contributed by atoms with Gasteiger partial charge in [0.2, 0.25) is 0 Å². The van der Waals surface area contributed by atoms with Crippen molar-refractivity contribution in [1.82, 2.24) is 5.32 Å². The van der Waals surface area contributed by atoms with Gasteiger partial charge >= 0.3 is 12.1 Å². The molecule has 0 heterocycles. The molecule has 1 unspecified atom stereocenters. The minimum absolute atomic E-state index is 0.266. The number of benzene rings is 3. The largest absolute Gasteiger partial charge is 0.467 e. The summed E-state index contributed by atoms with van der Waals surface area (Å²) in [6.07, 6.45) is 0.618. The molecule has 34 heavy (non-hydrogen) atoms. The first kappa shape index (κ1) is 23.9. The van der Waals surface area contributed by atoms with Gasteiger partial charge in [-0.1, -0.05) is 41.9 Å². The smallest absolute Gasteiger partial charge is 0.408 e. The average Bonchev–Trinajstić information content (AvgIpc) is 2.77. The number of carbonyl (C=O) groups excluding carboxylic acids is 2. The lowest BCUT2D eigenvalue weighted by atomic mass is 9.78. The van der Waals surface area contributed by atoms with Crippen molar-refractivity contribution >= 4 is 34.4 Å². The molecule has 3 aromatic carbocycles. The fraction of sp³-hybridized carbons (Fsp3) is 0.333. The summed E-state index contributed by atoms with van der Waals surface area (Å²) in [5.41, 5.74) is 0.0885. The summed E-state index contributed by atoms with van der Waals surface area (Å²) in [5, 5.41) is 5.21. The molecule has 7 heteroatoms. The van der Waals surface area contributed by atoms with Crippen LogP contribution in [-0.4, -0.2) is 30.3 Å². The Balaban J connectivity index is 1.64. The molecule has 0 fully saturated rings. The van der Waals surface area contributed by atoms with Gasteiger partial charge in [-0.25, -0.2) is 9.59 Å². The van der Waals surface area contributed by atoms with Crippen molar-refractivity contribution in [3.05, 3.63) is 70.7 Å². The molecule has 6 nitrogen and oxygen atoms in total. The van der Waals surface area contributed by atoms with Crippen molar-refractivity contribution in [3.63, 3.8) is 0 Å². The molecule has 1 N–H and O–H groups in total. The van der Waals surface area contributed by atoms with Crippen molar-refractivity contribution in [3.8, 4) is 11.5 Å². The van der Waals surface area contributed by atoms with E-state index in [9.17, 15) is 9.59 Å². The summed E-state index contributed by atoms with van der Waals surface area (Å²) in [4.78, 5) is 25.4. The second kappa shape index (κ2) is 9.18. The number of aryl methyl sites for hydroxylation is 1. The van der Waals surface area contributed by atoms with Gasteiger partial charge in [0.25, 0.3) is 0 Å². The zero-order chi connectivity index (χ0) is 24.5. The van der Waals surface area contributed by atoms with Gasteiger partial charge in [0, 0.05) is 11.8 Å². The molecular weight excluding hydrogens is 454 g/mol. The Hall–Kier alpha value is -3.25. The fourth-order valence-corrected chi connectivity index (χ4v) is 4.61. The normalized spacial score (nSPS) is 17.6. The highest BCUT2D eigenvalue weighted by molar-refractivity contribution is 6.36. The van der Waals surface area contributed by atoms with Crippen LogP contribution in [0.4, 0.5) is 4.79 Å². The average molecular weight is 482 g/mol. The molecule has 1 aliphatic carbocycles. The van der Waals surface area contributed by atoms with E-state index in [1.165, 1.54) is 7.11 Å². The standard InChI is InChI=1S/C27H28ClNO5/c1-26(2,3)34-25(31)29-27(24(30)32-4)14-13-17-11-12-20(15-19(17)16-27)33-22-10-6-8-18-7-5-9-21(28)23(18)22/h5-12,15H,13-14,16H2,1-4H3,(H,29,31). The van der Waals surface area contributed by atoms with E-state index in [0.29, 0.717) is 29.4 Å². The number of rotatable bonds is 4. The van der Waals surface area contributed by atoms with Crippen LogP contribution >= 0.6 is 11.6 Å². The lowest BCUT2D eigenvalue weighted by Gasteiger charge is -2.36. The number of ether oxygens (including phenoxy) is 3. The van der Waals surface area contributed by atoms with Crippen LogP contribution in [0.1, 0.15) is 38.3 Å². The number of hydrogen-bond acceptors (Lipinski definition) is 5. The molecular formula is C27H28ClNO5. The number of nitrogens with one attached hydrogen (secondary N) is 1. The number of halogens is 1. The molecule has 0 saturated heterocycles. The Labute approximate surface area is 204 Å². The predicted octanol–water partition coefficient (Wildman–Crippen LogP) is 6.21. The van der Waals surface area contributed by atoms with Gasteiger partial charge in [-0.05, 0) is 74.4 Å². The number of esters is 1. The minimum Gasteiger partial charge on any atom is -0.467 e. The van der Waals surface area contributed by atoms with E-state index >= 15 is 0 Å². The Morgan fingerprint density at radius 1 is 1.03 bits per heavy atom. The number of methoxy groups -OCH3 is 1. The molecule has 178 valence electrons.